The third-order valence-corrected chi connectivity index (χ3v) is 9.13. The zero-order valence-corrected chi connectivity index (χ0v) is 23.5. The predicted molar refractivity (Wildman–Crippen MR) is 153 cm³/mol. The lowest BCUT2D eigenvalue weighted by Crippen LogP contribution is -2.39. The summed E-state index contributed by atoms with van der Waals surface area (Å²) in [5, 5.41) is 6.77. The molecule has 2 aliphatic heterocycles. The molecule has 0 saturated carbocycles. The van der Waals surface area contributed by atoms with E-state index in [2.05, 4.69) is 38.8 Å². The summed E-state index contributed by atoms with van der Waals surface area (Å²) in [4.78, 5) is 5.24. The molecular formula is C29H33Cl3N2OS. The van der Waals surface area contributed by atoms with Gasteiger partial charge in [-0.15, -0.1) is 0 Å². The molecule has 192 valence electrons. The van der Waals surface area contributed by atoms with Crippen LogP contribution in [0.3, 0.4) is 0 Å². The third kappa shape index (κ3) is 7.05. The first-order valence-corrected chi connectivity index (χ1v) is 14.8. The van der Waals surface area contributed by atoms with E-state index in [1.165, 1.54) is 18.4 Å². The fraction of sp³-hybridized carbons (Fsp3) is 0.448. The van der Waals surface area contributed by atoms with Gasteiger partial charge in [0, 0.05) is 53.8 Å². The minimum absolute atomic E-state index is 0.570. The van der Waals surface area contributed by atoms with E-state index in [0.717, 1.165) is 67.0 Å². The number of hydrogen-bond acceptors (Lipinski definition) is 4. The molecule has 2 aromatic carbocycles. The van der Waals surface area contributed by atoms with Crippen molar-refractivity contribution in [2.45, 2.75) is 31.9 Å². The van der Waals surface area contributed by atoms with Crippen molar-refractivity contribution in [1.82, 2.24) is 9.80 Å². The summed E-state index contributed by atoms with van der Waals surface area (Å²) in [5.74, 6) is 1.84. The molecule has 0 bridgehead atoms. The van der Waals surface area contributed by atoms with E-state index in [4.69, 9.17) is 39.5 Å². The lowest BCUT2D eigenvalue weighted by molar-refractivity contribution is 0.0542. The first kappa shape index (κ1) is 26.5. The lowest BCUT2D eigenvalue weighted by atomic mass is 9.89. The van der Waals surface area contributed by atoms with Crippen molar-refractivity contribution < 1.29 is 4.74 Å². The molecule has 2 unspecified atom stereocenters. The highest BCUT2D eigenvalue weighted by Gasteiger charge is 2.36. The molecule has 3 nitrogen and oxygen atoms in total. The molecule has 7 heteroatoms. The monoisotopic (exact) mass is 562 g/mol. The second-order valence-corrected chi connectivity index (χ2v) is 12.3. The molecule has 5 rings (SSSR count). The number of ether oxygens (including phenoxy) is 1. The molecule has 1 aromatic heterocycles. The van der Waals surface area contributed by atoms with E-state index in [-0.39, 0.29) is 0 Å². The first-order valence-electron chi connectivity index (χ1n) is 12.8. The number of nitrogens with zero attached hydrogens (tertiary/aromatic N) is 2. The highest BCUT2D eigenvalue weighted by molar-refractivity contribution is 7.08. The number of hydrogen-bond donors (Lipinski definition) is 0. The number of halogens is 3. The van der Waals surface area contributed by atoms with Crippen LogP contribution in [-0.2, 0) is 17.9 Å². The SMILES string of the molecule is Clc1cccc(COCC2CCN(CC3CN(Cc4ccc(Cl)cc4Cl)CC3c3ccsc3)CC2)c1. The van der Waals surface area contributed by atoms with Gasteiger partial charge in [-0.3, -0.25) is 4.90 Å². The van der Waals surface area contributed by atoms with Gasteiger partial charge in [-0.25, -0.2) is 0 Å². The fourth-order valence-electron chi connectivity index (χ4n) is 5.67. The highest BCUT2D eigenvalue weighted by atomic mass is 35.5. The van der Waals surface area contributed by atoms with Crippen LogP contribution >= 0.6 is 46.1 Å². The van der Waals surface area contributed by atoms with Gasteiger partial charge in [0.15, 0.2) is 0 Å². The van der Waals surface area contributed by atoms with Crippen molar-refractivity contribution >= 4 is 46.1 Å². The Bertz CT molecular complexity index is 1120. The summed E-state index contributed by atoms with van der Waals surface area (Å²) in [5.41, 5.74) is 3.79. The maximum atomic E-state index is 6.49. The van der Waals surface area contributed by atoms with E-state index in [1.54, 1.807) is 11.3 Å². The van der Waals surface area contributed by atoms with Crippen LogP contribution in [0.2, 0.25) is 15.1 Å². The summed E-state index contributed by atoms with van der Waals surface area (Å²) in [7, 11) is 0. The highest BCUT2D eigenvalue weighted by Crippen LogP contribution is 2.36. The predicted octanol–water partition coefficient (Wildman–Crippen LogP) is 7.85. The van der Waals surface area contributed by atoms with Gasteiger partial charge in [0.05, 0.1) is 6.61 Å². The molecule has 2 aliphatic rings. The minimum Gasteiger partial charge on any atom is -0.376 e. The van der Waals surface area contributed by atoms with Crippen molar-refractivity contribution in [3.63, 3.8) is 0 Å². The molecule has 36 heavy (non-hydrogen) atoms. The normalized spacial score (nSPS) is 21.9. The maximum Gasteiger partial charge on any atom is 0.0717 e. The standard InChI is InChI=1S/C29H33Cl3N2OS/c30-26-3-1-2-22(12-26)19-35-18-21-6-9-33(10-7-21)15-25-16-34(17-28(25)24-8-11-36-20-24)14-23-4-5-27(31)13-29(23)32/h1-5,8,11-13,20-21,25,28H,6-7,9-10,14-19H2. The van der Waals surface area contributed by atoms with Gasteiger partial charge in [0.1, 0.15) is 0 Å². The Labute approximate surface area is 233 Å². The van der Waals surface area contributed by atoms with E-state index in [1.807, 2.05) is 30.3 Å². The van der Waals surface area contributed by atoms with Crippen LogP contribution in [0.4, 0.5) is 0 Å². The summed E-state index contributed by atoms with van der Waals surface area (Å²) in [6.07, 6.45) is 2.41. The van der Waals surface area contributed by atoms with E-state index < -0.39 is 0 Å². The molecule has 0 radical (unpaired) electrons. The lowest BCUT2D eigenvalue weighted by Gasteiger charge is -2.34. The number of rotatable bonds is 9. The summed E-state index contributed by atoms with van der Waals surface area (Å²) < 4.78 is 6.03. The Morgan fingerprint density at radius 2 is 1.75 bits per heavy atom. The second-order valence-electron chi connectivity index (χ2n) is 10.2. The molecule has 0 aliphatic carbocycles. The molecule has 0 spiro atoms. The van der Waals surface area contributed by atoms with Crippen molar-refractivity contribution in [1.29, 1.82) is 0 Å². The van der Waals surface area contributed by atoms with Crippen LogP contribution in [0.5, 0.6) is 0 Å². The van der Waals surface area contributed by atoms with Crippen LogP contribution in [0.1, 0.15) is 35.4 Å². The quantitative estimate of drug-likeness (QED) is 0.264. The van der Waals surface area contributed by atoms with Gasteiger partial charge >= 0.3 is 0 Å². The Morgan fingerprint density at radius 1 is 0.917 bits per heavy atom. The molecule has 0 N–H and O–H groups in total. The van der Waals surface area contributed by atoms with Gasteiger partial charge < -0.3 is 9.64 Å². The van der Waals surface area contributed by atoms with Gasteiger partial charge in [0.25, 0.3) is 0 Å². The molecule has 3 heterocycles. The van der Waals surface area contributed by atoms with E-state index in [0.29, 0.717) is 29.4 Å². The summed E-state index contributed by atoms with van der Waals surface area (Å²) in [6, 6.07) is 16.1. The zero-order chi connectivity index (χ0) is 24.9. The van der Waals surface area contributed by atoms with Crippen molar-refractivity contribution in [2.75, 3.05) is 39.3 Å². The topological polar surface area (TPSA) is 15.7 Å². The average molecular weight is 564 g/mol. The Balaban J connectivity index is 1.12. The average Bonchev–Trinajstić information content (AvgIpc) is 3.52. The summed E-state index contributed by atoms with van der Waals surface area (Å²) >= 11 is 20.5. The fourth-order valence-corrected chi connectivity index (χ4v) is 7.07. The largest absolute Gasteiger partial charge is 0.376 e. The first-order chi connectivity index (χ1) is 17.5. The number of piperidine rings is 1. The van der Waals surface area contributed by atoms with Crippen LogP contribution in [-0.4, -0.2) is 49.1 Å². The van der Waals surface area contributed by atoms with Gasteiger partial charge in [-0.05, 0) is 95.5 Å². The van der Waals surface area contributed by atoms with Gasteiger partial charge in [-0.2, -0.15) is 11.3 Å². The molecular weight excluding hydrogens is 531 g/mol. The van der Waals surface area contributed by atoms with E-state index >= 15 is 0 Å². The zero-order valence-electron chi connectivity index (χ0n) is 20.4. The van der Waals surface area contributed by atoms with Crippen LogP contribution in [0, 0.1) is 11.8 Å². The third-order valence-electron chi connectivity index (χ3n) is 7.61. The maximum absolute atomic E-state index is 6.49. The molecule has 0 amide bonds. The number of benzene rings is 2. The molecule has 2 fully saturated rings. The van der Waals surface area contributed by atoms with Gasteiger partial charge in [-0.1, -0.05) is 53.0 Å². The summed E-state index contributed by atoms with van der Waals surface area (Å²) in [6.45, 7) is 7.98. The van der Waals surface area contributed by atoms with Gasteiger partial charge in [0.2, 0.25) is 0 Å². The van der Waals surface area contributed by atoms with Crippen LogP contribution in [0.25, 0.3) is 0 Å². The Morgan fingerprint density at radius 3 is 2.50 bits per heavy atom. The van der Waals surface area contributed by atoms with Crippen LogP contribution in [0.15, 0.2) is 59.3 Å². The van der Waals surface area contributed by atoms with E-state index in [9.17, 15) is 0 Å². The van der Waals surface area contributed by atoms with Crippen molar-refractivity contribution in [3.8, 4) is 0 Å². The Hall–Kier alpha value is -1.11. The minimum atomic E-state index is 0.570. The second kappa shape index (κ2) is 12.6. The molecule has 2 saturated heterocycles. The van der Waals surface area contributed by atoms with Crippen molar-refractivity contribution in [2.24, 2.45) is 11.8 Å². The smallest absolute Gasteiger partial charge is 0.0717 e. The molecule has 2 atom stereocenters. The molecule has 3 aromatic rings. The number of thiophene rings is 1. The van der Waals surface area contributed by atoms with Crippen LogP contribution < -0.4 is 0 Å². The van der Waals surface area contributed by atoms with Crippen molar-refractivity contribution in [3.05, 3.63) is 91.0 Å². The Kier molecular flexibility index (Phi) is 9.29. The number of likely N-dealkylation sites (tertiary alicyclic amines) is 2.